The van der Waals surface area contributed by atoms with Gasteiger partial charge in [-0.05, 0) is 30.2 Å². The van der Waals surface area contributed by atoms with Gasteiger partial charge in [-0.25, -0.2) is 4.98 Å². The number of ether oxygens (including phenoxy) is 1. The summed E-state index contributed by atoms with van der Waals surface area (Å²) in [4.78, 5) is 7.42. The molecule has 2 aromatic rings. The Hall–Kier alpha value is -2.23. The molecule has 4 heteroatoms. The first kappa shape index (κ1) is 12.2. The van der Waals surface area contributed by atoms with Crippen LogP contribution in [0.2, 0.25) is 0 Å². The molecule has 94 valence electrons. The van der Waals surface area contributed by atoms with E-state index in [0.717, 1.165) is 34.7 Å². The second-order valence-corrected chi connectivity index (χ2v) is 3.96. The predicted octanol–water partition coefficient (Wildman–Crippen LogP) is 2.87. The molecule has 1 heterocycles. The minimum absolute atomic E-state index is 0.438. The molecule has 0 fully saturated rings. The summed E-state index contributed by atoms with van der Waals surface area (Å²) in [5.41, 5.74) is 9.63. The van der Waals surface area contributed by atoms with E-state index in [1.807, 2.05) is 18.2 Å². The number of H-pyrrole nitrogens is 1. The number of benzene rings is 1. The van der Waals surface area contributed by atoms with Crippen LogP contribution in [0.5, 0.6) is 5.75 Å². The Bertz CT molecular complexity index is 572. The zero-order valence-electron chi connectivity index (χ0n) is 10.7. The van der Waals surface area contributed by atoms with Gasteiger partial charge < -0.3 is 15.5 Å². The van der Waals surface area contributed by atoms with Crippen molar-refractivity contribution in [2.45, 2.75) is 13.3 Å². The summed E-state index contributed by atoms with van der Waals surface area (Å²) >= 11 is 0. The fraction of sp³-hybridized carbons (Fsp3) is 0.214. The number of imidazole rings is 1. The number of rotatable bonds is 4. The lowest BCUT2D eigenvalue weighted by Crippen LogP contribution is -1.91. The van der Waals surface area contributed by atoms with E-state index in [2.05, 4.69) is 23.5 Å². The average molecular weight is 243 g/mol. The largest absolute Gasteiger partial charge is 0.497 e. The van der Waals surface area contributed by atoms with Gasteiger partial charge in [0.2, 0.25) is 0 Å². The van der Waals surface area contributed by atoms with Crippen LogP contribution in [0.3, 0.4) is 0 Å². The molecular weight excluding hydrogens is 226 g/mol. The van der Waals surface area contributed by atoms with Crippen LogP contribution in [0.15, 0.2) is 24.8 Å². The highest BCUT2D eigenvalue weighted by atomic mass is 16.5. The van der Waals surface area contributed by atoms with Gasteiger partial charge in [0.15, 0.2) is 5.95 Å². The maximum absolute atomic E-state index is 5.72. The van der Waals surface area contributed by atoms with E-state index in [1.54, 1.807) is 13.2 Å². The van der Waals surface area contributed by atoms with E-state index in [0.29, 0.717) is 5.95 Å². The van der Waals surface area contributed by atoms with Crippen molar-refractivity contribution in [2.75, 3.05) is 12.8 Å². The smallest absolute Gasteiger partial charge is 0.198 e. The van der Waals surface area contributed by atoms with E-state index in [4.69, 9.17) is 10.5 Å². The van der Waals surface area contributed by atoms with Crippen molar-refractivity contribution in [1.29, 1.82) is 0 Å². The Morgan fingerprint density at radius 1 is 1.50 bits per heavy atom. The molecular formula is C14H17N3O. The maximum atomic E-state index is 5.72. The summed E-state index contributed by atoms with van der Waals surface area (Å²) in [6.07, 6.45) is 2.64. The van der Waals surface area contributed by atoms with E-state index in [1.165, 1.54) is 0 Å². The molecule has 0 atom stereocenters. The molecule has 0 saturated heterocycles. The standard InChI is InChI=1S/C14H17N3O/c1-4-9-8-10(18-3)6-7-11(9)13-12(5-2)16-14(15)17-13/h4,6-8H,1,5H2,2-3H3,(H3,15,16,17). The summed E-state index contributed by atoms with van der Waals surface area (Å²) in [7, 11) is 1.64. The van der Waals surface area contributed by atoms with Gasteiger partial charge in [-0.15, -0.1) is 0 Å². The number of aromatic nitrogens is 2. The highest BCUT2D eigenvalue weighted by molar-refractivity contribution is 5.75. The Labute approximate surface area is 107 Å². The van der Waals surface area contributed by atoms with E-state index < -0.39 is 0 Å². The third kappa shape index (κ3) is 2.09. The SMILES string of the molecule is C=Cc1cc(OC)ccc1-c1nc(N)[nH]c1CC. The quantitative estimate of drug-likeness (QED) is 0.867. The van der Waals surface area contributed by atoms with Crippen molar-refractivity contribution in [3.63, 3.8) is 0 Å². The van der Waals surface area contributed by atoms with E-state index in [-0.39, 0.29) is 0 Å². The molecule has 0 bridgehead atoms. The molecule has 0 radical (unpaired) electrons. The number of hydrogen-bond donors (Lipinski definition) is 2. The van der Waals surface area contributed by atoms with Crippen LogP contribution in [-0.4, -0.2) is 17.1 Å². The van der Waals surface area contributed by atoms with Crippen molar-refractivity contribution < 1.29 is 4.74 Å². The van der Waals surface area contributed by atoms with Crippen molar-refractivity contribution in [2.24, 2.45) is 0 Å². The molecule has 0 unspecified atom stereocenters. The molecule has 0 aliphatic heterocycles. The van der Waals surface area contributed by atoms with E-state index in [9.17, 15) is 0 Å². The molecule has 1 aromatic heterocycles. The van der Waals surface area contributed by atoms with Gasteiger partial charge in [-0.1, -0.05) is 19.6 Å². The van der Waals surface area contributed by atoms with Crippen LogP contribution < -0.4 is 10.5 Å². The van der Waals surface area contributed by atoms with Crippen LogP contribution in [0.1, 0.15) is 18.2 Å². The Morgan fingerprint density at radius 2 is 2.28 bits per heavy atom. The minimum atomic E-state index is 0.438. The van der Waals surface area contributed by atoms with Crippen molar-refractivity contribution in [3.05, 3.63) is 36.0 Å². The molecule has 2 rings (SSSR count). The monoisotopic (exact) mass is 243 g/mol. The third-order valence-corrected chi connectivity index (χ3v) is 2.88. The second kappa shape index (κ2) is 4.96. The number of nitrogens with one attached hydrogen (secondary N) is 1. The number of hydrogen-bond acceptors (Lipinski definition) is 3. The highest BCUT2D eigenvalue weighted by Crippen LogP contribution is 2.30. The molecule has 18 heavy (non-hydrogen) atoms. The van der Waals surface area contributed by atoms with Crippen LogP contribution >= 0.6 is 0 Å². The molecule has 0 aliphatic rings. The van der Waals surface area contributed by atoms with Crippen LogP contribution in [-0.2, 0) is 6.42 Å². The number of anilines is 1. The van der Waals surface area contributed by atoms with Crippen LogP contribution in [0.25, 0.3) is 17.3 Å². The zero-order valence-corrected chi connectivity index (χ0v) is 10.7. The molecule has 4 nitrogen and oxygen atoms in total. The van der Waals surface area contributed by atoms with Crippen molar-refractivity contribution in [3.8, 4) is 17.0 Å². The first-order valence-corrected chi connectivity index (χ1v) is 5.84. The average Bonchev–Trinajstić information content (AvgIpc) is 2.78. The third-order valence-electron chi connectivity index (χ3n) is 2.88. The fourth-order valence-corrected chi connectivity index (χ4v) is 1.96. The number of nitrogens with zero attached hydrogens (tertiary/aromatic N) is 1. The van der Waals surface area contributed by atoms with Gasteiger partial charge in [0, 0.05) is 11.3 Å². The normalized spacial score (nSPS) is 10.3. The second-order valence-electron chi connectivity index (χ2n) is 3.96. The molecule has 0 amide bonds. The summed E-state index contributed by atoms with van der Waals surface area (Å²) in [6.45, 7) is 5.89. The van der Waals surface area contributed by atoms with Crippen molar-refractivity contribution >= 4 is 12.0 Å². The van der Waals surface area contributed by atoms with Gasteiger partial charge in [0.25, 0.3) is 0 Å². The van der Waals surface area contributed by atoms with E-state index >= 15 is 0 Å². The summed E-state index contributed by atoms with van der Waals surface area (Å²) in [5, 5.41) is 0. The molecule has 0 saturated carbocycles. The lowest BCUT2D eigenvalue weighted by atomic mass is 10.0. The Balaban J connectivity index is 2.59. The lowest BCUT2D eigenvalue weighted by molar-refractivity contribution is 0.415. The zero-order chi connectivity index (χ0) is 13.1. The fourth-order valence-electron chi connectivity index (χ4n) is 1.96. The lowest BCUT2D eigenvalue weighted by Gasteiger charge is -2.07. The molecule has 3 N–H and O–H groups in total. The Kier molecular flexibility index (Phi) is 3.37. The molecule has 0 spiro atoms. The first-order chi connectivity index (χ1) is 8.69. The van der Waals surface area contributed by atoms with Crippen molar-refractivity contribution in [1.82, 2.24) is 9.97 Å². The summed E-state index contributed by atoms with van der Waals surface area (Å²) in [5.74, 6) is 1.24. The summed E-state index contributed by atoms with van der Waals surface area (Å²) < 4.78 is 5.21. The summed E-state index contributed by atoms with van der Waals surface area (Å²) in [6, 6.07) is 5.82. The topological polar surface area (TPSA) is 63.9 Å². The van der Waals surface area contributed by atoms with Gasteiger partial charge in [0.05, 0.1) is 12.8 Å². The molecule has 1 aromatic carbocycles. The number of aryl methyl sites for hydroxylation is 1. The Morgan fingerprint density at radius 3 is 2.89 bits per heavy atom. The number of aromatic amines is 1. The number of nitrogens with two attached hydrogens (primary N) is 1. The molecule has 0 aliphatic carbocycles. The first-order valence-electron chi connectivity index (χ1n) is 5.84. The predicted molar refractivity (Wildman–Crippen MR) is 74.5 cm³/mol. The van der Waals surface area contributed by atoms with Gasteiger partial charge in [0.1, 0.15) is 5.75 Å². The van der Waals surface area contributed by atoms with Crippen LogP contribution in [0, 0.1) is 0 Å². The van der Waals surface area contributed by atoms with Gasteiger partial charge >= 0.3 is 0 Å². The highest BCUT2D eigenvalue weighted by Gasteiger charge is 2.12. The van der Waals surface area contributed by atoms with Crippen LogP contribution in [0.4, 0.5) is 5.95 Å². The number of methoxy groups -OCH3 is 1. The van der Waals surface area contributed by atoms with Gasteiger partial charge in [-0.2, -0.15) is 0 Å². The maximum Gasteiger partial charge on any atom is 0.198 e. The van der Waals surface area contributed by atoms with Gasteiger partial charge in [-0.3, -0.25) is 0 Å². The minimum Gasteiger partial charge on any atom is -0.497 e. The number of nitrogen functional groups attached to an aromatic ring is 1.